The summed E-state index contributed by atoms with van der Waals surface area (Å²) in [6.07, 6.45) is 5.52. The zero-order valence-corrected chi connectivity index (χ0v) is 11.2. The van der Waals surface area contributed by atoms with Gasteiger partial charge in [-0.05, 0) is 32.4 Å². The second-order valence-corrected chi connectivity index (χ2v) is 4.98. The molecule has 2 rings (SSSR count). The summed E-state index contributed by atoms with van der Waals surface area (Å²) in [5.74, 6) is -0.0420. The highest BCUT2D eigenvalue weighted by molar-refractivity contribution is 5.92. The van der Waals surface area contributed by atoms with Gasteiger partial charge in [0, 0.05) is 32.4 Å². The predicted octanol–water partition coefficient (Wildman–Crippen LogP) is 1.02. The Morgan fingerprint density at radius 3 is 3.06 bits per heavy atom. The summed E-state index contributed by atoms with van der Waals surface area (Å²) in [7, 11) is 1.78. The van der Waals surface area contributed by atoms with Crippen LogP contribution in [-0.4, -0.2) is 46.3 Å². The highest BCUT2D eigenvalue weighted by Gasteiger charge is 2.18. The van der Waals surface area contributed by atoms with Gasteiger partial charge < -0.3 is 5.32 Å². The Morgan fingerprint density at radius 2 is 2.39 bits per heavy atom. The third-order valence-electron chi connectivity index (χ3n) is 3.68. The Balaban J connectivity index is 1.75. The number of aromatic nitrogens is 2. The largest absolute Gasteiger partial charge is 0.349 e. The monoisotopic (exact) mass is 250 g/mol. The molecule has 1 fully saturated rings. The van der Waals surface area contributed by atoms with Gasteiger partial charge in [0.15, 0.2) is 0 Å². The number of carbonyl (C=O) groups excluding carboxylic acids is 1. The normalized spacial score (nSPS) is 20.9. The van der Waals surface area contributed by atoms with E-state index in [2.05, 4.69) is 22.2 Å². The molecule has 1 aromatic rings. The van der Waals surface area contributed by atoms with E-state index in [1.54, 1.807) is 24.0 Å². The molecule has 5 nitrogen and oxygen atoms in total. The predicted molar refractivity (Wildman–Crippen MR) is 70.4 cm³/mol. The summed E-state index contributed by atoms with van der Waals surface area (Å²) in [5, 5.41) is 6.95. The number of nitrogens with zero attached hydrogens (tertiary/aromatic N) is 3. The second-order valence-electron chi connectivity index (χ2n) is 4.98. The molecule has 2 heterocycles. The average Bonchev–Trinajstić information content (AvgIpc) is 2.78. The number of hydrogen-bond donors (Lipinski definition) is 1. The van der Waals surface area contributed by atoms with Crippen LogP contribution in [0.1, 0.15) is 36.7 Å². The molecule has 1 unspecified atom stereocenters. The van der Waals surface area contributed by atoms with Crippen molar-refractivity contribution >= 4 is 5.91 Å². The molecule has 1 aliphatic rings. The lowest BCUT2D eigenvalue weighted by atomic mass is 10.0. The van der Waals surface area contributed by atoms with Crippen molar-refractivity contribution in [2.24, 2.45) is 7.05 Å². The molecule has 1 saturated heterocycles. The van der Waals surface area contributed by atoms with Crippen LogP contribution >= 0.6 is 0 Å². The lowest BCUT2D eigenvalue weighted by molar-refractivity contribution is 0.0929. The summed E-state index contributed by atoms with van der Waals surface area (Å²) < 4.78 is 1.60. The third-order valence-corrected chi connectivity index (χ3v) is 3.68. The van der Waals surface area contributed by atoms with E-state index in [1.165, 1.54) is 19.3 Å². The first-order chi connectivity index (χ1) is 8.68. The van der Waals surface area contributed by atoms with E-state index in [1.807, 2.05) is 0 Å². The minimum atomic E-state index is -0.0420. The summed E-state index contributed by atoms with van der Waals surface area (Å²) in [4.78, 5) is 14.3. The molecule has 18 heavy (non-hydrogen) atoms. The van der Waals surface area contributed by atoms with E-state index in [0.29, 0.717) is 18.3 Å². The van der Waals surface area contributed by atoms with Crippen LogP contribution in [0.2, 0.25) is 0 Å². The Hall–Kier alpha value is -1.36. The average molecular weight is 250 g/mol. The van der Waals surface area contributed by atoms with Crippen molar-refractivity contribution in [3.05, 3.63) is 18.0 Å². The molecule has 1 aromatic heterocycles. The number of rotatable bonds is 4. The lowest BCUT2D eigenvalue weighted by Gasteiger charge is -2.33. The number of likely N-dealkylation sites (tertiary alicyclic amines) is 1. The van der Waals surface area contributed by atoms with Crippen LogP contribution in [0.25, 0.3) is 0 Å². The van der Waals surface area contributed by atoms with Gasteiger partial charge in [-0.25, -0.2) is 0 Å². The topological polar surface area (TPSA) is 50.2 Å². The lowest BCUT2D eigenvalue weighted by Crippen LogP contribution is -2.42. The van der Waals surface area contributed by atoms with Gasteiger partial charge >= 0.3 is 0 Å². The zero-order chi connectivity index (χ0) is 13.0. The summed E-state index contributed by atoms with van der Waals surface area (Å²) in [6.45, 7) is 5.06. The third kappa shape index (κ3) is 3.10. The molecule has 0 aromatic carbocycles. The van der Waals surface area contributed by atoms with E-state index in [9.17, 15) is 4.79 Å². The van der Waals surface area contributed by atoms with Gasteiger partial charge in [-0.3, -0.25) is 14.4 Å². The minimum Gasteiger partial charge on any atom is -0.349 e. The van der Waals surface area contributed by atoms with Crippen molar-refractivity contribution in [2.45, 2.75) is 32.2 Å². The molecule has 0 radical (unpaired) electrons. The minimum absolute atomic E-state index is 0.0420. The quantitative estimate of drug-likeness (QED) is 0.868. The highest BCUT2D eigenvalue weighted by Crippen LogP contribution is 2.15. The molecule has 0 bridgehead atoms. The summed E-state index contributed by atoms with van der Waals surface area (Å²) in [5.41, 5.74) is 0.613. The van der Waals surface area contributed by atoms with Crippen LogP contribution in [-0.2, 0) is 7.05 Å². The molecule has 5 heteroatoms. The maximum Gasteiger partial charge on any atom is 0.269 e. The van der Waals surface area contributed by atoms with Crippen molar-refractivity contribution in [3.8, 4) is 0 Å². The number of amides is 1. The Kier molecular flexibility index (Phi) is 4.36. The molecule has 1 atom stereocenters. The van der Waals surface area contributed by atoms with Crippen molar-refractivity contribution in [2.75, 3.05) is 19.6 Å². The maximum absolute atomic E-state index is 11.9. The van der Waals surface area contributed by atoms with Crippen molar-refractivity contribution < 1.29 is 4.79 Å². The first-order valence-corrected chi connectivity index (χ1v) is 6.68. The standard InChI is InChI=1S/C13H22N4O/c1-11-5-3-4-9-17(11)10-8-14-13(18)12-6-7-15-16(12)2/h6-7,11H,3-5,8-10H2,1-2H3,(H,14,18). The van der Waals surface area contributed by atoms with Gasteiger partial charge in [-0.1, -0.05) is 6.42 Å². The molecule has 1 N–H and O–H groups in total. The van der Waals surface area contributed by atoms with Gasteiger partial charge in [-0.15, -0.1) is 0 Å². The fraction of sp³-hybridized carbons (Fsp3) is 0.692. The zero-order valence-electron chi connectivity index (χ0n) is 11.2. The van der Waals surface area contributed by atoms with Gasteiger partial charge in [0.05, 0.1) is 0 Å². The highest BCUT2D eigenvalue weighted by atomic mass is 16.2. The number of nitrogens with one attached hydrogen (secondary N) is 1. The maximum atomic E-state index is 11.9. The first kappa shape index (κ1) is 13.1. The van der Waals surface area contributed by atoms with E-state index in [0.717, 1.165) is 13.1 Å². The molecule has 0 saturated carbocycles. The number of piperidine rings is 1. The van der Waals surface area contributed by atoms with Crippen LogP contribution < -0.4 is 5.32 Å². The number of hydrogen-bond acceptors (Lipinski definition) is 3. The Bertz CT molecular complexity index is 401. The summed E-state index contributed by atoms with van der Waals surface area (Å²) >= 11 is 0. The van der Waals surface area contributed by atoms with E-state index >= 15 is 0 Å². The van der Waals surface area contributed by atoms with Crippen LogP contribution in [0.5, 0.6) is 0 Å². The molecular formula is C13H22N4O. The second kappa shape index (κ2) is 6.00. The molecule has 100 valence electrons. The number of aryl methyl sites for hydroxylation is 1. The molecule has 0 spiro atoms. The van der Waals surface area contributed by atoms with Crippen LogP contribution in [0.3, 0.4) is 0 Å². The van der Waals surface area contributed by atoms with Crippen LogP contribution in [0.4, 0.5) is 0 Å². The molecular weight excluding hydrogens is 228 g/mol. The van der Waals surface area contributed by atoms with Crippen molar-refractivity contribution in [1.29, 1.82) is 0 Å². The summed E-state index contributed by atoms with van der Waals surface area (Å²) in [6, 6.07) is 2.38. The van der Waals surface area contributed by atoms with Crippen molar-refractivity contribution in [1.82, 2.24) is 20.0 Å². The van der Waals surface area contributed by atoms with Gasteiger partial charge in [-0.2, -0.15) is 5.10 Å². The Labute approximate surface area is 108 Å². The van der Waals surface area contributed by atoms with Crippen molar-refractivity contribution in [3.63, 3.8) is 0 Å². The van der Waals surface area contributed by atoms with E-state index < -0.39 is 0 Å². The van der Waals surface area contributed by atoms with Crippen LogP contribution in [0.15, 0.2) is 12.3 Å². The molecule has 0 aliphatic carbocycles. The fourth-order valence-corrected chi connectivity index (χ4v) is 2.49. The van der Waals surface area contributed by atoms with Gasteiger partial charge in [0.1, 0.15) is 5.69 Å². The molecule has 1 aliphatic heterocycles. The van der Waals surface area contributed by atoms with E-state index in [4.69, 9.17) is 0 Å². The van der Waals surface area contributed by atoms with Gasteiger partial charge in [0.2, 0.25) is 0 Å². The van der Waals surface area contributed by atoms with Crippen LogP contribution in [0, 0.1) is 0 Å². The fourth-order valence-electron chi connectivity index (χ4n) is 2.49. The molecule has 1 amide bonds. The van der Waals surface area contributed by atoms with E-state index in [-0.39, 0.29) is 5.91 Å². The van der Waals surface area contributed by atoms with Gasteiger partial charge in [0.25, 0.3) is 5.91 Å². The SMILES string of the molecule is CC1CCCCN1CCNC(=O)c1ccnn1C. The first-order valence-electron chi connectivity index (χ1n) is 6.68. The number of carbonyl (C=O) groups is 1. The Morgan fingerprint density at radius 1 is 1.56 bits per heavy atom. The smallest absolute Gasteiger partial charge is 0.269 e.